The Hall–Kier alpha value is -0.840. The minimum absolute atomic E-state index is 0.313. The number of morpholine rings is 1. The van der Waals surface area contributed by atoms with Crippen LogP contribution in [0.3, 0.4) is 0 Å². The summed E-state index contributed by atoms with van der Waals surface area (Å²) in [7, 11) is 0. The van der Waals surface area contributed by atoms with Crippen molar-refractivity contribution in [2.45, 2.75) is 59.9 Å². The molecular weight excluding hydrogens is 264 g/mol. The third-order valence-electron chi connectivity index (χ3n) is 3.81. The predicted octanol–water partition coefficient (Wildman–Crippen LogP) is 2.94. The molecule has 1 aromatic heterocycles. The van der Waals surface area contributed by atoms with E-state index in [2.05, 4.69) is 50.9 Å². The van der Waals surface area contributed by atoms with Gasteiger partial charge in [0.15, 0.2) is 0 Å². The Labute approximate surface area is 128 Å². The summed E-state index contributed by atoms with van der Waals surface area (Å²) in [4.78, 5) is 2.46. The number of nitrogens with zero attached hydrogens (tertiary/aromatic N) is 1. The zero-order valence-electron chi connectivity index (χ0n) is 14.1. The zero-order chi connectivity index (χ0) is 15.4. The molecule has 21 heavy (non-hydrogen) atoms. The number of nitrogens with one attached hydrogen (secondary N) is 1. The molecule has 1 aromatic rings. The van der Waals surface area contributed by atoms with E-state index in [9.17, 15) is 0 Å². The molecule has 0 amide bonds. The van der Waals surface area contributed by atoms with Crippen molar-refractivity contribution in [3.05, 3.63) is 23.2 Å². The highest BCUT2D eigenvalue weighted by Gasteiger charge is 2.23. The van der Waals surface area contributed by atoms with Crippen molar-refractivity contribution < 1.29 is 9.15 Å². The van der Waals surface area contributed by atoms with Crippen LogP contribution in [0.1, 0.15) is 44.8 Å². The summed E-state index contributed by atoms with van der Waals surface area (Å²) in [6, 6.07) is 2.20. The van der Waals surface area contributed by atoms with Crippen LogP contribution in [0.2, 0.25) is 0 Å². The minimum atomic E-state index is 0.313. The molecule has 1 aliphatic rings. The van der Waals surface area contributed by atoms with Crippen LogP contribution in [0.4, 0.5) is 0 Å². The second-order valence-electron chi connectivity index (χ2n) is 6.77. The molecule has 1 fully saturated rings. The van der Waals surface area contributed by atoms with Gasteiger partial charge in [0.05, 0.1) is 18.8 Å². The van der Waals surface area contributed by atoms with Crippen molar-refractivity contribution in [3.8, 4) is 0 Å². The maximum absolute atomic E-state index is 5.87. The second-order valence-corrected chi connectivity index (χ2v) is 6.77. The van der Waals surface area contributed by atoms with Crippen LogP contribution < -0.4 is 5.32 Å². The lowest BCUT2D eigenvalue weighted by Crippen LogP contribution is -2.44. The molecule has 0 saturated carbocycles. The Morgan fingerprint density at radius 3 is 2.57 bits per heavy atom. The van der Waals surface area contributed by atoms with Gasteiger partial charge in [-0.15, -0.1) is 0 Å². The first kappa shape index (κ1) is 16.5. The Morgan fingerprint density at radius 1 is 1.29 bits per heavy atom. The third-order valence-corrected chi connectivity index (χ3v) is 3.81. The van der Waals surface area contributed by atoms with Gasteiger partial charge < -0.3 is 14.5 Å². The molecule has 0 spiro atoms. The summed E-state index contributed by atoms with van der Waals surface area (Å²) in [5, 5.41) is 3.43. The predicted molar refractivity (Wildman–Crippen MR) is 85.3 cm³/mol. The summed E-state index contributed by atoms with van der Waals surface area (Å²) in [5.41, 5.74) is 1.30. The number of aryl methyl sites for hydroxylation is 1. The smallest absolute Gasteiger partial charge is 0.118 e. The van der Waals surface area contributed by atoms with E-state index in [1.807, 2.05) is 0 Å². The molecular formula is C17H30N2O2. The van der Waals surface area contributed by atoms with Crippen molar-refractivity contribution in [1.82, 2.24) is 10.2 Å². The van der Waals surface area contributed by atoms with Crippen LogP contribution in [0.25, 0.3) is 0 Å². The normalized spacial score (nSPS) is 23.9. The fraction of sp³-hybridized carbons (Fsp3) is 0.765. The first-order valence-electron chi connectivity index (χ1n) is 8.10. The average Bonchev–Trinajstić information content (AvgIpc) is 2.68. The summed E-state index contributed by atoms with van der Waals surface area (Å²) in [6.45, 7) is 15.6. The van der Waals surface area contributed by atoms with Crippen LogP contribution in [0.5, 0.6) is 0 Å². The standard InChI is InChI=1S/C17H30N2O2/c1-12(2)7-18-8-17-6-16(15(5)21-17)11-19-9-13(3)20-14(4)10-19/h6,12-14,18H,7-11H2,1-5H3. The number of hydrogen-bond acceptors (Lipinski definition) is 4. The van der Waals surface area contributed by atoms with Gasteiger partial charge >= 0.3 is 0 Å². The zero-order valence-corrected chi connectivity index (χ0v) is 14.1. The van der Waals surface area contributed by atoms with Gasteiger partial charge in [0.25, 0.3) is 0 Å². The molecule has 1 aliphatic heterocycles. The third kappa shape index (κ3) is 5.13. The van der Waals surface area contributed by atoms with Gasteiger partial charge in [-0.3, -0.25) is 4.90 Å². The van der Waals surface area contributed by atoms with E-state index in [4.69, 9.17) is 9.15 Å². The fourth-order valence-electron chi connectivity index (χ4n) is 2.97. The number of hydrogen-bond donors (Lipinski definition) is 1. The number of ether oxygens (including phenoxy) is 1. The molecule has 1 saturated heterocycles. The highest BCUT2D eigenvalue weighted by Crippen LogP contribution is 2.19. The van der Waals surface area contributed by atoms with Gasteiger partial charge in [0.1, 0.15) is 11.5 Å². The Morgan fingerprint density at radius 2 is 1.95 bits per heavy atom. The Balaban J connectivity index is 1.89. The lowest BCUT2D eigenvalue weighted by Gasteiger charge is -2.35. The summed E-state index contributed by atoms with van der Waals surface area (Å²) >= 11 is 0. The molecule has 1 N–H and O–H groups in total. The monoisotopic (exact) mass is 294 g/mol. The molecule has 0 bridgehead atoms. The molecule has 2 rings (SSSR count). The van der Waals surface area contributed by atoms with Gasteiger partial charge in [-0.05, 0) is 39.3 Å². The van der Waals surface area contributed by atoms with Crippen LogP contribution in [0.15, 0.2) is 10.5 Å². The Bertz CT molecular complexity index is 432. The van der Waals surface area contributed by atoms with E-state index in [-0.39, 0.29) is 0 Å². The Kier molecular flexibility index (Phi) is 5.85. The van der Waals surface area contributed by atoms with Gasteiger partial charge in [-0.2, -0.15) is 0 Å². The maximum Gasteiger partial charge on any atom is 0.118 e. The van der Waals surface area contributed by atoms with Crippen molar-refractivity contribution in [2.24, 2.45) is 5.92 Å². The molecule has 0 radical (unpaired) electrons. The van der Waals surface area contributed by atoms with Crippen molar-refractivity contribution in [1.29, 1.82) is 0 Å². The molecule has 0 aromatic carbocycles. The largest absolute Gasteiger partial charge is 0.465 e. The number of rotatable bonds is 6. The maximum atomic E-state index is 5.87. The van der Waals surface area contributed by atoms with Crippen molar-refractivity contribution in [2.75, 3.05) is 19.6 Å². The second kappa shape index (κ2) is 7.43. The van der Waals surface area contributed by atoms with E-state index in [0.717, 1.165) is 44.2 Å². The highest BCUT2D eigenvalue weighted by atomic mass is 16.5. The molecule has 2 heterocycles. The van der Waals surface area contributed by atoms with Gasteiger partial charge in [-0.1, -0.05) is 13.8 Å². The van der Waals surface area contributed by atoms with E-state index in [0.29, 0.717) is 18.1 Å². The summed E-state index contributed by atoms with van der Waals surface area (Å²) < 4.78 is 11.7. The van der Waals surface area contributed by atoms with Crippen LogP contribution in [-0.4, -0.2) is 36.7 Å². The van der Waals surface area contributed by atoms with Crippen LogP contribution >= 0.6 is 0 Å². The molecule has 2 unspecified atom stereocenters. The van der Waals surface area contributed by atoms with E-state index < -0.39 is 0 Å². The topological polar surface area (TPSA) is 37.6 Å². The molecule has 0 aliphatic carbocycles. The highest BCUT2D eigenvalue weighted by molar-refractivity contribution is 5.21. The molecule has 2 atom stereocenters. The van der Waals surface area contributed by atoms with Gasteiger partial charge in [-0.25, -0.2) is 0 Å². The van der Waals surface area contributed by atoms with Crippen molar-refractivity contribution >= 4 is 0 Å². The summed E-state index contributed by atoms with van der Waals surface area (Å²) in [5.74, 6) is 2.75. The quantitative estimate of drug-likeness (QED) is 0.875. The SMILES string of the molecule is Cc1oc(CNCC(C)C)cc1CN1CC(C)OC(C)C1. The van der Waals surface area contributed by atoms with Gasteiger partial charge in [0.2, 0.25) is 0 Å². The average molecular weight is 294 g/mol. The summed E-state index contributed by atoms with van der Waals surface area (Å²) in [6.07, 6.45) is 0.626. The minimum Gasteiger partial charge on any atom is -0.465 e. The van der Waals surface area contributed by atoms with Crippen LogP contribution in [-0.2, 0) is 17.8 Å². The lowest BCUT2D eigenvalue weighted by molar-refractivity contribution is -0.0705. The van der Waals surface area contributed by atoms with Crippen molar-refractivity contribution in [3.63, 3.8) is 0 Å². The van der Waals surface area contributed by atoms with E-state index in [1.165, 1.54) is 5.56 Å². The van der Waals surface area contributed by atoms with E-state index >= 15 is 0 Å². The first-order chi connectivity index (χ1) is 9.94. The molecule has 4 nitrogen and oxygen atoms in total. The fourth-order valence-corrected chi connectivity index (χ4v) is 2.97. The first-order valence-corrected chi connectivity index (χ1v) is 8.10. The van der Waals surface area contributed by atoms with Crippen LogP contribution in [0, 0.1) is 12.8 Å². The van der Waals surface area contributed by atoms with E-state index in [1.54, 1.807) is 0 Å². The number of furan rings is 1. The molecule has 120 valence electrons. The molecule has 4 heteroatoms. The van der Waals surface area contributed by atoms with Gasteiger partial charge in [0, 0.05) is 25.2 Å². The lowest BCUT2D eigenvalue weighted by atomic mass is 10.1.